The van der Waals surface area contributed by atoms with Gasteiger partial charge < -0.3 is 14.3 Å². The van der Waals surface area contributed by atoms with Crippen molar-refractivity contribution in [2.45, 2.75) is 0 Å². The molecule has 0 spiro atoms. The molecule has 3 aromatic rings. The number of carbonyl (C=O) groups excluding carboxylic acids is 1. The quantitative estimate of drug-likeness (QED) is 0.790. The lowest BCUT2D eigenvalue weighted by Crippen LogP contribution is -2.11. The third-order valence-corrected chi connectivity index (χ3v) is 3.57. The maximum atomic E-state index is 12.1. The molecule has 2 heterocycles. The number of hydrogen-bond donors (Lipinski definition) is 1. The first-order chi connectivity index (χ1) is 10.1. The predicted molar refractivity (Wildman–Crippen MR) is 80.8 cm³/mol. The number of rotatable bonds is 3. The van der Waals surface area contributed by atoms with Crippen LogP contribution in [0.4, 0.5) is 5.69 Å². The third-order valence-electron chi connectivity index (χ3n) is 2.95. The summed E-state index contributed by atoms with van der Waals surface area (Å²) < 4.78 is 7.28. The number of benzene rings is 1. The minimum atomic E-state index is -0.245. The summed E-state index contributed by atoms with van der Waals surface area (Å²) in [6, 6.07) is 9.02. The third kappa shape index (κ3) is 2.73. The molecule has 0 radical (unpaired) electrons. The number of anilines is 1. The van der Waals surface area contributed by atoms with E-state index in [1.165, 1.54) is 6.26 Å². The van der Waals surface area contributed by atoms with Gasteiger partial charge in [0.25, 0.3) is 5.91 Å². The number of aromatic nitrogens is 3. The van der Waals surface area contributed by atoms with Crippen LogP contribution in [0.2, 0.25) is 0 Å². The average Bonchev–Trinajstić information content (AvgIpc) is 3.07. The molecule has 0 unspecified atom stereocenters. The summed E-state index contributed by atoms with van der Waals surface area (Å²) in [6.07, 6.45) is 3.08. The molecule has 0 aliphatic rings. The molecule has 2 aromatic heterocycles. The lowest BCUT2D eigenvalue weighted by atomic mass is 10.2. The smallest absolute Gasteiger partial charge is 0.260 e. The zero-order valence-corrected chi connectivity index (χ0v) is 12.7. The van der Waals surface area contributed by atoms with Gasteiger partial charge in [-0.15, -0.1) is 10.2 Å². The van der Waals surface area contributed by atoms with Crippen molar-refractivity contribution in [2.75, 3.05) is 5.32 Å². The van der Waals surface area contributed by atoms with E-state index in [0.717, 1.165) is 11.4 Å². The maximum absolute atomic E-state index is 12.1. The topological polar surface area (TPSA) is 73.0 Å². The molecule has 1 amide bonds. The molecule has 0 aliphatic carbocycles. The Labute approximate surface area is 128 Å². The Hall–Kier alpha value is -2.41. The lowest BCUT2D eigenvalue weighted by molar-refractivity contribution is 0.102. The molecule has 6 nitrogen and oxygen atoms in total. The van der Waals surface area contributed by atoms with Gasteiger partial charge in [0, 0.05) is 18.3 Å². The first-order valence-corrected chi connectivity index (χ1v) is 6.93. The van der Waals surface area contributed by atoms with Crippen LogP contribution in [0.5, 0.6) is 0 Å². The zero-order chi connectivity index (χ0) is 14.8. The van der Waals surface area contributed by atoms with Crippen LogP contribution in [-0.2, 0) is 7.05 Å². The fraction of sp³-hybridized carbons (Fsp3) is 0.0714. The van der Waals surface area contributed by atoms with Crippen LogP contribution in [0.3, 0.4) is 0 Å². The Balaban J connectivity index is 1.86. The van der Waals surface area contributed by atoms with Crippen LogP contribution in [-0.4, -0.2) is 20.7 Å². The summed E-state index contributed by atoms with van der Waals surface area (Å²) in [5.74, 6) is 0.487. The van der Waals surface area contributed by atoms with Crippen LogP contribution in [0.25, 0.3) is 11.4 Å². The summed E-state index contributed by atoms with van der Waals surface area (Å²) in [4.78, 5) is 12.1. The minimum Gasteiger partial charge on any atom is -0.457 e. The first kappa shape index (κ1) is 13.6. The second-order valence-corrected chi connectivity index (χ2v) is 5.13. The van der Waals surface area contributed by atoms with Crippen LogP contribution in [0.15, 0.2) is 52.0 Å². The van der Waals surface area contributed by atoms with Crippen LogP contribution in [0, 0.1) is 0 Å². The van der Waals surface area contributed by atoms with Crippen molar-refractivity contribution in [1.82, 2.24) is 14.8 Å². The van der Waals surface area contributed by atoms with E-state index in [1.54, 1.807) is 12.4 Å². The normalized spacial score (nSPS) is 10.6. The minimum absolute atomic E-state index is 0.245. The van der Waals surface area contributed by atoms with Crippen molar-refractivity contribution < 1.29 is 9.21 Å². The van der Waals surface area contributed by atoms with E-state index in [1.807, 2.05) is 35.9 Å². The second kappa shape index (κ2) is 5.53. The highest BCUT2D eigenvalue weighted by atomic mass is 79.9. The molecule has 0 bridgehead atoms. The van der Waals surface area contributed by atoms with Crippen molar-refractivity contribution in [1.29, 1.82) is 0 Å². The zero-order valence-electron chi connectivity index (χ0n) is 11.1. The lowest BCUT2D eigenvalue weighted by Gasteiger charge is -2.06. The number of halogens is 1. The van der Waals surface area contributed by atoms with E-state index in [-0.39, 0.29) is 5.91 Å². The van der Waals surface area contributed by atoms with Gasteiger partial charge in [-0.3, -0.25) is 4.79 Å². The SMILES string of the molecule is Cn1cnnc1-c1cccc(NC(=O)c2ccoc2Br)c1. The predicted octanol–water partition coefficient (Wildman–Crippen LogP) is 3.09. The van der Waals surface area contributed by atoms with Crippen molar-refractivity contribution in [2.24, 2.45) is 7.05 Å². The number of amides is 1. The van der Waals surface area contributed by atoms with Gasteiger partial charge in [0.2, 0.25) is 0 Å². The number of hydrogen-bond acceptors (Lipinski definition) is 4. The summed E-state index contributed by atoms with van der Waals surface area (Å²) in [7, 11) is 1.86. The highest BCUT2D eigenvalue weighted by Crippen LogP contribution is 2.22. The molecular formula is C14H11BrN4O2. The van der Waals surface area contributed by atoms with Gasteiger partial charge in [-0.25, -0.2) is 0 Å². The maximum Gasteiger partial charge on any atom is 0.260 e. The molecule has 0 atom stereocenters. The summed E-state index contributed by atoms with van der Waals surface area (Å²) in [5, 5.41) is 10.7. The number of carbonyl (C=O) groups is 1. The fourth-order valence-corrected chi connectivity index (χ4v) is 2.35. The van der Waals surface area contributed by atoms with Gasteiger partial charge in [0.05, 0.1) is 11.8 Å². The van der Waals surface area contributed by atoms with Crippen LogP contribution < -0.4 is 5.32 Å². The Morgan fingerprint density at radius 3 is 2.90 bits per heavy atom. The second-order valence-electron chi connectivity index (χ2n) is 4.41. The fourth-order valence-electron chi connectivity index (χ4n) is 1.93. The van der Waals surface area contributed by atoms with Gasteiger partial charge >= 0.3 is 0 Å². The Bertz CT molecular complexity index is 794. The van der Waals surface area contributed by atoms with E-state index >= 15 is 0 Å². The standard InChI is InChI=1S/C14H11BrN4O2/c1-19-8-16-18-13(19)9-3-2-4-10(7-9)17-14(20)11-5-6-21-12(11)15/h2-8H,1H3,(H,17,20). The molecule has 0 fully saturated rings. The monoisotopic (exact) mass is 346 g/mol. The molecule has 1 N–H and O–H groups in total. The van der Waals surface area contributed by atoms with Gasteiger partial charge in [-0.1, -0.05) is 12.1 Å². The largest absolute Gasteiger partial charge is 0.457 e. The first-order valence-electron chi connectivity index (χ1n) is 6.14. The molecule has 0 saturated carbocycles. The Morgan fingerprint density at radius 2 is 2.24 bits per heavy atom. The number of nitrogens with one attached hydrogen (secondary N) is 1. The molecular weight excluding hydrogens is 336 g/mol. The average molecular weight is 347 g/mol. The Kier molecular flexibility index (Phi) is 3.57. The van der Waals surface area contributed by atoms with Crippen molar-refractivity contribution >= 4 is 27.5 Å². The molecule has 0 aliphatic heterocycles. The van der Waals surface area contributed by atoms with Gasteiger partial charge in [-0.05, 0) is 34.1 Å². The summed E-state index contributed by atoms with van der Waals surface area (Å²) in [6.45, 7) is 0. The highest BCUT2D eigenvalue weighted by Gasteiger charge is 2.13. The van der Waals surface area contributed by atoms with Gasteiger partial charge in [0.1, 0.15) is 6.33 Å². The van der Waals surface area contributed by atoms with E-state index in [9.17, 15) is 4.79 Å². The van der Waals surface area contributed by atoms with Crippen molar-refractivity contribution in [3.63, 3.8) is 0 Å². The van der Waals surface area contributed by atoms with Gasteiger partial charge in [-0.2, -0.15) is 0 Å². The van der Waals surface area contributed by atoms with Gasteiger partial charge in [0.15, 0.2) is 10.5 Å². The molecule has 21 heavy (non-hydrogen) atoms. The number of aryl methyl sites for hydroxylation is 1. The molecule has 3 rings (SSSR count). The van der Waals surface area contributed by atoms with E-state index < -0.39 is 0 Å². The molecule has 106 valence electrons. The number of nitrogens with zero attached hydrogens (tertiary/aromatic N) is 3. The van der Waals surface area contributed by atoms with Crippen molar-refractivity contribution in [3.05, 3.63) is 53.2 Å². The Morgan fingerprint density at radius 1 is 1.38 bits per heavy atom. The molecule has 7 heteroatoms. The van der Waals surface area contributed by atoms with E-state index in [4.69, 9.17) is 4.42 Å². The summed E-state index contributed by atoms with van der Waals surface area (Å²) in [5.41, 5.74) is 1.99. The van der Waals surface area contributed by atoms with Crippen LogP contribution >= 0.6 is 15.9 Å². The molecule has 0 saturated heterocycles. The number of furan rings is 1. The van der Waals surface area contributed by atoms with Crippen molar-refractivity contribution in [3.8, 4) is 11.4 Å². The highest BCUT2D eigenvalue weighted by molar-refractivity contribution is 9.10. The van der Waals surface area contributed by atoms with E-state index in [0.29, 0.717) is 15.9 Å². The molecule has 1 aromatic carbocycles. The summed E-state index contributed by atoms with van der Waals surface area (Å²) >= 11 is 3.19. The van der Waals surface area contributed by atoms with Crippen LogP contribution in [0.1, 0.15) is 10.4 Å². The van der Waals surface area contributed by atoms with E-state index in [2.05, 4.69) is 31.4 Å².